The maximum atomic E-state index is 5.55. The second-order valence-corrected chi connectivity index (χ2v) is 4.95. The number of hydrogen-bond donors (Lipinski definition) is 2. The largest absolute Gasteiger partial charge is 0.407 e. The van der Waals surface area contributed by atoms with Crippen molar-refractivity contribution in [3.8, 4) is 0 Å². The lowest BCUT2D eigenvalue weighted by Gasteiger charge is -2.12. The first kappa shape index (κ1) is 14.5. The number of aryl methyl sites for hydroxylation is 1. The number of anilines is 1. The minimum atomic E-state index is 0.132. The molecule has 0 bridgehead atoms. The highest BCUT2D eigenvalue weighted by molar-refractivity contribution is 5.30. The van der Waals surface area contributed by atoms with Crippen LogP contribution in [0.3, 0.4) is 0 Å². The van der Waals surface area contributed by atoms with E-state index in [9.17, 15) is 0 Å². The number of hydrogen-bond acceptors (Lipinski definition) is 5. The second kappa shape index (κ2) is 7.05. The number of nitrogens with one attached hydrogen (secondary N) is 2. The maximum Gasteiger partial charge on any atom is 0.315 e. The summed E-state index contributed by atoms with van der Waals surface area (Å²) in [6.07, 6.45) is 1.09. The number of nitrogens with zero attached hydrogens (tertiary/aromatic N) is 2. The lowest BCUT2D eigenvalue weighted by atomic mass is 10.1. The molecule has 0 aliphatic carbocycles. The molecule has 1 aromatic heterocycles. The van der Waals surface area contributed by atoms with Crippen LogP contribution in [0.4, 0.5) is 6.01 Å². The summed E-state index contributed by atoms with van der Waals surface area (Å²) < 4.78 is 5.55. The van der Waals surface area contributed by atoms with Gasteiger partial charge in [0.1, 0.15) is 0 Å². The molecule has 2 rings (SSSR count). The van der Waals surface area contributed by atoms with Gasteiger partial charge in [0.15, 0.2) is 0 Å². The Kier molecular flexibility index (Phi) is 5.12. The van der Waals surface area contributed by atoms with Crippen LogP contribution in [0.15, 0.2) is 28.7 Å². The average Bonchev–Trinajstić information content (AvgIpc) is 2.87. The van der Waals surface area contributed by atoms with E-state index in [4.69, 9.17) is 4.42 Å². The summed E-state index contributed by atoms with van der Waals surface area (Å²) in [5.74, 6) is 0.608. The van der Waals surface area contributed by atoms with Crippen LogP contribution in [0.2, 0.25) is 0 Å². The summed E-state index contributed by atoms with van der Waals surface area (Å²) in [6, 6.07) is 9.00. The van der Waals surface area contributed by atoms with Gasteiger partial charge in [0.25, 0.3) is 0 Å². The van der Waals surface area contributed by atoms with Crippen molar-refractivity contribution in [1.82, 2.24) is 15.5 Å². The van der Waals surface area contributed by atoms with Crippen LogP contribution in [0.1, 0.15) is 43.3 Å². The molecule has 2 aromatic rings. The molecule has 108 valence electrons. The zero-order valence-electron chi connectivity index (χ0n) is 12.3. The molecule has 0 radical (unpaired) electrons. The normalized spacial score (nSPS) is 12.3. The number of benzene rings is 1. The fourth-order valence-electron chi connectivity index (χ4n) is 1.88. The van der Waals surface area contributed by atoms with Crippen molar-refractivity contribution in [3.05, 3.63) is 41.3 Å². The predicted molar refractivity (Wildman–Crippen MR) is 79.5 cm³/mol. The van der Waals surface area contributed by atoms with E-state index in [0.29, 0.717) is 18.5 Å². The summed E-state index contributed by atoms with van der Waals surface area (Å²) in [6.45, 7) is 7.84. The van der Waals surface area contributed by atoms with Gasteiger partial charge in [-0.05, 0) is 32.4 Å². The third-order valence-electron chi connectivity index (χ3n) is 3.09. The highest BCUT2D eigenvalue weighted by atomic mass is 16.4. The van der Waals surface area contributed by atoms with Crippen molar-refractivity contribution in [1.29, 1.82) is 0 Å². The van der Waals surface area contributed by atoms with E-state index in [-0.39, 0.29) is 6.04 Å². The first-order valence-corrected chi connectivity index (χ1v) is 7.05. The molecule has 1 atom stereocenters. The fraction of sp³-hybridized carbons (Fsp3) is 0.467. The molecule has 5 heteroatoms. The molecule has 1 aromatic carbocycles. The summed E-state index contributed by atoms with van der Waals surface area (Å²) in [4.78, 5) is 0. The van der Waals surface area contributed by atoms with Crippen LogP contribution in [-0.2, 0) is 6.54 Å². The Labute approximate surface area is 119 Å². The van der Waals surface area contributed by atoms with E-state index >= 15 is 0 Å². The van der Waals surface area contributed by atoms with Gasteiger partial charge in [0.2, 0.25) is 5.89 Å². The molecular weight excluding hydrogens is 252 g/mol. The van der Waals surface area contributed by atoms with Crippen LogP contribution >= 0.6 is 0 Å². The van der Waals surface area contributed by atoms with Gasteiger partial charge in [-0.15, -0.1) is 5.10 Å². The molecule has 0 saturated carbocycles. The third kappa shape index (κ3) is 4.06. The van der Waals surface area contributed by atoms with Gasteiger partial charge in [0.05, 0.1) is 12.6 Å². The summed E-state index contributed by atoms with van der Waals surface area (Å²) in [7, 11) is 0. The van der Waals surface area contributed by atoms with Gasteiger partial charge >= 0.3 is 6.01 Å². The molecule has 0 aliphatic heterocycles. The highest BCUT2D eigenvalue weighted by Crippen LogP contribution is 2.18. The smallest absolute Gasteiger partial charge is 0.315 e. The lowest BCUT2D eigenvalue weighted by molar-refractivity contribution is 0.474. The molecule has 0 amide bonds. The van der Waals surface area contributed by atoms with E-state index in [1.807, 2.05) is 0 Å². The van der Waals surface area contributed by atoms with Gasteiger partial charge in [-0.25, -0.2) is 0 Å². The molecule has 5 nitrogen and oxygen atoms in total. The third-order valence-corrected chi connectivity index (χ3v) is 3.09. The lowest BCUT2D eigenvalue weighted by Crippen LogP contribution is -2.13. The van der Waals surface area contributed by atoms with Gasteiger partial charge in [-0.3, -0.25) is 0 Å². The minimum absolute atomic E-state index is 0.132. The standard InChI is InChI=1S/C15H22N4O/c1-4-9-16-10-14-18-19-15(20-14)17-12(3)13-7-5-11(2)6-8-13/h5-8,12,16H,4,9-10H2,1-3H3,(H,17,19). The zero-order valence-corrected chi connectivity index (χ0v) is 12.3. The Hall–Kier alpha value is -1.88. The van der Waals surface area contributed by atoms with Gasteiger partial charge in [0, 0.05) is 0 Å². The Bertz CT molecular complexity index is 521. The summed E-state index contributed by atoms with van der Waals surface area (Å²) >= 11 is 0. The first-order chi connectivity index (χ1) is 9.69. The van der Waals surface area contributed by atoms with Crippen molar-refractivity contribution < 1.29 is 4.42 Å². The van der Waals surface area contributed by atoms with E-state index in [1.165, 1.54) is 11.1 Å². The van der Waals surface area contributed by atoms with Crippen LogP contribution < -0.4 is 10.6 Å². The van der Waals surface area contributed by atoms with Crippen LogP contribution in [-0.4, -0.2) is 16.7 Å². The molecule has 2 N–H and O–H groups in total. The van der Waals surface area contributed by atoms with Crippen molar-refractivity contribution in [2.45, 2.75) is 39.8 Å². The summed E-state index contributed by atoms with van der Waals surface area (Å²) in [5, 5.41) is 14.5. The molecule has 0 spiro atoms. The molecule has 20 heavy (non-hydrogen) atoms. The Morgan fingerprint density at radius 2 is 1.95 bits per heavy atom. The Morgan fingerprint density at radius 3 is 2.65 bits per heavy atom. The Morgan fingerprint density at radius 1 is 1.20 bits per heavy atom. The zero-order chi connectivity index (χ0) is 14.4. The SMILES string of the molecule is CCCNCc1nnc(NC(C)c2ccc(C)cc2)o1. The van der Waals surface area contributed by atoms with Crippen LogP contribution in [0, 0.1) is 6.92 Å². The van der Waals surface area contributed by atoms with Crippen LogP contribution in [0.5, 0.6) is 0 Å². The fourth-order valence-corrected chi connectivity index (χ4v) is 1.88. The molecule has 0 saturated heterocycles. The first-order valence-electron chi connectivity index (χ1n) is 7.05. The molecule has 1 unspecified atom stereocenters. The van der Waals surface area contributed by atoms with Crippen molar-refractivity contribution >= 4 is 6.01 Å². The van der Waals surface area contributed by atoms with Crippen molar-refractivity contribution in [2.24, 2.45) is 0 Å². The molecule has 0 aliphatic rings. The minimum Gasteiger partial charge on any atom is -0.407 e. The van der Waals surface area contributed by atoms with E-state index < -0.39 is 0 Å². The number of rotatable bonds is 7. The quantitative estimate of drug-likeness (QED) is 0.760. The molecular formula is C15H22N4O. The Balaban J connectivity index is 1.91. The second-order valence-electron chi connectivity index (χ2n) is 4.95. The monoisotopic (exact) mass is 274 g/mol. The van der Waals surface area contributed by atoms with Crippen LogP contribution in [0.25, 0.3) is 0 Å². The van der Waals surface area contributed by atoms with E-state index in [0.717, 1.165) is 13.0 Å². The predicted octanol–water partition coefficient (Wildman–Crippen LogP) is 3.05. The van der Waals surface area contributed by atoms with Gasteiger partial charge in [-0.2, -0.15) is 0 Å². The van der Waals surface area contributed by atoms with Gasteiger partial charge < -0.3 is 15.1 Å². The topological polar surface area (TPSA) is 63.0 Å². The van der Waals surface area contributed by atoms with E-state index in [1.54, 1.807) is 0 Å². The number of aromatic nitrogens is 2. The van der Waals surface area contributed by atoms with Crippen molar-refractivity contribution in [3.63, 3.8) is 0 Å². The average molecular weight is 274 g/mol. The van der Waals surface area contributed by atoms with Crippen molar-refractivity contribution in [2.75, 3.05) is 11.9 Å². The van der Waals surface area contributed by atoms with Gasteiger partial charge in [-0.1, -0.05) is 41.9 Å². The molecule has 0 fully saturated rings. The van der Waals surface area contributed by atoms with E-state index in [2.05, 4.69) is 65.9 Å². The summed E-state index contributed by atoms with van der Waals surface area (Å²) in [5.41, 5.74) is 2.45. The maximum absolute atomic E-state index is 5.55. The molecule has 1 heterocycles. The highest BCUT2D eigenvalue weighted by Gasteiger charge is 2.10.